The number of rotatable bonds is 3. The molecule has 164 valence electrons. The Morgan fingerprint density at radius 2 is 2.06 bits per heavy atom. The fourth-order valence-corrected chi connectivity index (χ4v) is 4.92. The lowest BCUT2D eigenvalue weighted by molar-refractivity contribution is -0.215. The molecular weight excluding hydrogens is 437 g/mol. The number of fused-ring (bicyclic) bond motifs is 1. The van der Waals surface area contributed by atoms with E-state index in [1.54, 1.807) is 6.07 Å². The van der Waals surface area contributed by atoms with Crippen LogP contribution in [0.2, 0.25) is 0 Å². The van der Waals surface area contributed by atoms with E-state index in [0.29, 0.717) is 0 Å². The zero-order valence-corrected chi connectivity index (χ0v) is 17.1. The Morgan fingerprint density at radius 1 is 1.29 bits per heavy atom. The van der Waals surface area contributed by atoms with Crippen LogP contribution in [-0.4, -0.2) is 34.8 Å². The highest BCUT2D eigenvalue weighted by atomic mass is 32.2. The number of halogens is 5. The van der Waals surface area contributed by atoms with Crippen LogP contribution in [0.3, 0.4) is 0 Å². The number of amidine groups is 1. The third-order valence-corrected chi connectivity index (χ3v) is 6.32. The number of thioether (sulfide) groups is 1. The number of aromatic nitrogens is 1. The van der Waals surface area contributed by atoms with Crippen molar-refractivity contribution in [1.82, 2.24) is 4.98 Å². The Balaban J connectivity index is 1.77. The fraction of sp³-hybridized carbons (Fsp3) is 0.333. The number of alkyl halides is 3. The molecule has 0 aliphatic carbocycles. The topological polar surface area (TPSA) is 60.5 Å². The van der Waals surface area contributed by atoms with Gasteiger partial charge in [-0.2, -0.15) is 13.2 Å². The molecule has 1 fully saturated rings. The molecule has 4 rings (SSSR count). The molecule has 1 aromatic carbocycles. The van der Waals surface area contributed by atoms with E-state index in [4.69, 9.17) is 10.5 Å². The van der Waals surface area contributed by atoms with E-state index in [9.17, 15) is 22.0 Å². The first-order valence-electron chi connectivity index (χ1n) is 9.37. The summed E-state index contributed by atoms with van der Waals surface area (Å²) in [7, 11) is 0. The van der Waals surface area contributed by atoms with Crippen molar-refractivity contribution < 1.29 is 26.7 Å². The standard InChI is InChI=1S/C21H18F5N3OS/c1-11-2-5-17(28-8-11)16(23)7-12-3-4-15(22)13(6-12)20-10-30-18(21(24,25)26)14(20)9-31-19(27)29-20/h2-8,14,18H,9-10H2,1H3,(H2,27,29)/b16-7-/t14-,18+,20-/m1/s1. The van der Waals surface area contributed by atoms with Gasteiger partial charge in [-0.3, -0.25) is 4.98 Å². The van der Waals surface area contributed by atoms with Crippen LogP contribution in [0.15, 0.2) is 41.5 Å². The predicted octanol–water partition coefficient (Wildman–Crippen LogP) is 4.83. The van der Waals surface area contributed by atoms with Crippen molar-refractivity contribution in [3.63, 3.8) is 0 Å². The molecule has 0 radical (unpaired) electrons. The summed E-state index contributed by atoms with van der Waals surface area (Å²) in [5.74, 6) is -2.61. The monoisotopic (exact) mass is 455 g/mol. The van der Waals surface area contributed by atoms with Crippen LogP contribution < -0.4 is 5.73 Å². The van der Waals surface area contributed by atoms with Crippen LogP contribution in [0.5, 0.6) is 0 Å². The maximum atomic E-state index is 14.9. The first-order valence-corrected chi connectivity index (χ1v) is 10.4. The van der Waals surface area contributed by atoms with Gasteiger partial charge in [-0.15, -0.1) is 0 Å². The molecule has 1 aromatic heterocycles. The van der Waals surface area contributed by atoms with Gasteiger partial charge in [0.2, 0.25) is 0 Å². The highest BCUT2D eigenvalue weighted by molar-refractivity contribution is 8.13. The zero-order valence-electron chi connectivity index (χ0n) is 16.3. The molecule has 0 amide bonds. The van der Waals surface area contributed by atoms with Crippen LogP contribution in [-0.2, 0) is 10.3 Å². The minimum atomic E-state index is -4.63. The number of aryl methyl sites for hydroxylation is 1. The Labute approximate surface area is 179 Å². The van der Waals surface area contributed by atoms with Crippen molar-refractivity contribution in [1.29, 1.82) is 0 Å². The molecule has 31 heavy (non-hydrogen) atoms. The van der Waals surface area contributed by atoms with Crippen molar-refractivity contribution in [3.8, 4) is 0 Å². The normalized spacial score (nSPS) is 26.5. The lowest BCUT2D eigenvalue weighted by atomic mass is 9.78. The summed E-state index contributed by atoms with van der Waals surface area (Å²) in [5, 5.41) is 0.0538. The maximum absolute atomic E-state index is 14.9. The number of nitrogens with two attached hydrogens (primary N) is 1. The molecule has 0 spiro atoms. The average Bonchev–Trinajstić information content (AvgIpc) is 3.09. The molecule has 1 saturated heterocycles. The Morgan fingerprint density at radius 3 is 2.74 bits per heavy atom. The molecule has 2 aliphatic rings. The Hall–Kier alpha value is -2.46. The third kappa shape index (κ3) is 4.06. The van der Waals surface area contributed by atoms with Gasteiger partial charge in [0.15, 0.2) is 11.3 Å². The summed E-state index contributed by atoms with van der Waals surface area (Å²) in [4.78, 5) is 8.22. The summed E-state index contributed by atoms with van der Waals surface area (Å²) in [6, 6.07) is 6.91. The second-order valence-electron chi connectivity index (χ2n) is 7.52. The smallest absolute Gasteiger partial charge is 0.379 e. The van der Waals surface area contributed by atoms with E-state index in [0.717, 1.165) is 29.5 Å². The van der Waals surface area contributed by atoms with Crippen molar-refractivity contribution >= 4 is 28.8 Å². The molecule has 3 heterocycles. The van der Waals surface area contributed by atoms with Crippen molar-refractivity contribution in [2.24, 2.45) is 16.6 Å². The lowest BCUT2D eigenvalue weighted by Crippen LogP contribution is -2.46. The van der Waals surface area contributed by atoms with Gasteiger partial charge in [-0.25, -0.2) is 13.8 Å². The molecule has 4 nitrogen and oxygen atoms in total. The number of hydrogen-bond acceptors (Lipinski definition) is 5. The zero-order chi connectivity index (χ0) is 22.4. The molecule has 2 aromatic rings. The van der Waals surface area contributed by atoms with Gasteiger partial charge in [0.25, 0.3) is 0 Å². The van der Waals surface area contributed by atoms with Crippen LogP contribution in [0.1, 0.15) is 22.4 Å². The Kier molecular flexibility index (Phi) is 5.55. The molecule has 0 unspecified atom stereocenters. The van der Waals surface area contributed by atoms with Gasteiger partial charge >= 0.3 is 6.18 Å². The van der Waals surface area contributed by atoms with Crippen LogP contribution >= 0.6 is 11.8 Å². The van der Waals surface area contributed by atoms with E-state index in [1.807, 2.05) is 6.92 Å². The van der Waals surface area contributed by atoms with Crippen LogP contribution in [0.25, 0.3) is 11.9 Å². The van der Waals surface area contributed by atoms with Crippen molar-refractivity contribution in [2.75, 3.05) is 12.4 Å². The van der Waals surface area contributed by atoms with Gasteiger partial charge in [-0.1, -0.05) is 23.9 Å². The van der Waals surface area contributed by atoms with Gasteiger partial charge in [-0.05, 0) is 42.3 Å². The first kappa shape index (κ1) is 21.8. The second kappa shape index (κ2) is 7.90. The summed E-state index contributed by atoms with van der Waals surface area (Å²) < 4.78 is 75.1. The minimum Gasteiger partial charge on any atom is -0.379 e. The largest absolute Gasteiger partial charge is 0.415 e. The van der Waals surface area contributed by atoms with E-state index in [-0.39, 0.29) is 27.7 Å². The molecule has 10 heteroatoms. The van der Waals surface area contributed by atoms with Crippen molar-refractivity contribution in [2.45, 2.75) is 24.7 Å². The van der Waals surface area contributed by atoms with E-state index >= 15 is 0 Å². The van der Waals surface area contributed by atoms with Gasteiger partial charge in [0, 0.05) is 23.4 Å². The number of hydrogen-bond donors (Lipinski definition) is 1. The molecule has 3 atom stereocenters. The lowest BCUT2D eigenvalue weighted by Gasteiger charge is -2.36. The van der Waals surface area contributed by atoms with E-state index in [1.165, 1.54) is 24.4 Å². The quantitative estimate of drug-likeness (QED) is 0.674. The third-order valence-electron chi connectivity index (χ3n) is 5.41. The van der Waals surface area contributed by atoms with E-state index in [2.05, 4.69) is 9.98 Å². The number of nitrogens with zero attached hydrogens (tertiary/aromatic N) is 2. The van der Waals surface area contributed by atoms with Gasteiger partial charge in [0.1, 0.15) is 17.2 Å². The van der Waals surface area contributed by atoms with Crippen molar-refractivity contribution in [3.05, 3.63) is 64.7 Å². The summed E-state index contributed by atoms with van der Waals surface area (Å²) in [6.07, 6.45) is -4.07. The molecule has 0 saturated carbocycles. The Bertz CT molecular complexity index is 1050. The SMILES string of the molecule is Cc1ccc(/C(F)=C/c2ccc(F)c([C@]34CO[C@H](C(F)(F)F)[C@H]3CSC(N)=N4)c2)nc1. The number of pyridine rings is 1. The fourth-order valence-electron chi connectivity index (χ4n) is 3.89. The number of benzene rings is 1. The summed E-state index contributed by atoms with van der Waals surface area (Å²) in [5.41, 5.74) is 5.26. The number of aliphatic imine (C=N–C) groups is 1. The van der Waals surface area contributed by atoms with Crippen LogP contribution in [0.4, 0.5) is 22.0 Å². The number of ether oxygens (including phenoxy) is 1. The first-order chi connectivity index (χ1) is 14.6. The second-order valence-corrected chi connectivity index (χ2v) is 8.56. The minimum absolute atomic E-state index is 0.0271. The molecular formula is C21H18F5N3OS. The predicted molar refractivity (Wildman–Crippen MR) is 109 cm³/mol. The van der Waals surface area contributed by atoms with Gasteiger partial charge < -0.3 is 10.5 Å². The molecule has 0 bridgehead atoms. The molecule has 2 N–H and O–H groups in total. The summed E-state index contributed by atoms with van der Waals surface area (Å²) >= 11 is 0.972. The maximum Gasteiger partial charge on any atom is 0.415 e. The van der Waals surface area contributed by atoms with Gasteiger partial charge in [0.05, 0.1) is 12.3 Å². The van der Waals surface area contributed by atoms with Crippen LogP contribution in [0, 0.1) is 18.7 Å². The molecule has 2 aliphatic heterocycles. The summed E-state index contributed by atoms with van der Waals surface area (Å²) in [6.45, 7) is 1.34. The highest BCUT2D eigenvalue weighted by Gasteiger charge is 2.61. The van der Waals surface area contributed by atoms with E-state index < -0.39 is 42.0 Å². The average molecular weight is 455 g/mol. The highest BCUT2D eigenvalue weighted by Crippen LogP contribution is 2.51.